The van der Waals surface area contributed by atoms with E-state index in [2.05, 4.69) is 24.4 Å². The van der Waals surface area contributed by atoms with Crippen LogP contribution in [0.3, 0.4) is 0 Å². The highest BCUT2D eigenvalue weighted by Gasteiger charge is 2.29. The summed E-state index contributed by atoms with van der Waals surface area (Å²) in [5.74, 6) is 0.0307. The summed E-state index contributed by atoms with van der Waals surface area (Å²) in [6, 6.07) is 13.7. The van der Waals surface area contributed by atoms with Crippen molar-refractivity contribution < 1.29 is 24.2 Å². The average Bonchev–Trinajstić information content (AvgIpc) is 2.85. The van der Waals surface area contributed by atoms with Crippen molar-refractivity contribution in [1.29, 1.82) is 0 Å². The number of carboxylic acids is 1. The molecule has 0 heterocycles. The lowest BCUT2D eigenvalue weighted by molar-refractivity contribution is -0.152. The molecule has 1 aliphatic carbocycles. The third-order valence-corrected chi connectivity index (χ3v) is 6.80. The van der Waals surface area contributed by atoms with E-state index in [0.29, 0.717) is 31.4 Å². The molecule has 1 fully saturated rings. The van der Waals surface area contributed by atoms with Crippen molar-refractivity contribution in [3.05, 3.63) is 59.2 Å². The second-order valence-electron chi connectivity index (χ2n) is 10.2. The molecule has 1 amide bonds. The van der Waals surface area contributed by atoms with E-state index in [1.54, 1.807) is 19.2 Å². The van der Waals surface area contributed by atoms with Crippen LogP contribution in [0.25, 0.3) is 0 Å². The topological polar surface area (TPSA) is 88.1 Å². The fraction of sp³-hybridized carbons (Fsp3) is 0.517. The van der Waals surface area contributed by atoms with Crippen LogP contribution in [0.5, 0.6) is 5.75 Å². The summed E-state index contributed by atoms with van der Waals surface area (Å²) in [6.45, 7) is 6.99. The summed E-state index contributed by atoms with van der Waals surface area (Å²) in [4.78, 5) is 26.3. The lowest BCUT2D eigenvalue weighted by atomic mass is 9.83. The normalized spacial score (nSPS) is 14.6. The van der Waals surface area contributed by atoms with Gasteiger partial charge in [-0.3, -0.25) is 9.69 Å². The van der Waals surface area contributed by atoms with Crippen molar-refractivity contribution in [2.24, 2.45) is 0 Å². The van der Waals surface area contributed by atoms with Gasteiger partial charge in [0.05, 0.1) is 13.2 Å². The highest BCUT2D eigenvalue weighted by molar-refractivity contribution is 5.93. The molecular weight excluding hydrogens is 456 g/mol. The van der Waals surface area contributed by atoms with Gasteiger partial charge in [-0.1, -0.05) is 43.5 Å². The second-order valence-corrected chi connectivity index (χ2v) is 10.2. The number of ether oxygens (including phenoxy) is 2. The van der Waals surface area contributed by atoms with Crippen LogP contribution in [0.2, 0.25) is 0 Å². The van der Waals surface area contributed by atoms with Gasteiger partial charge in [0.15, 0.2) is 5.60 Å². The Labute approximate surface area is 214 Å². The van der Waals surface area contributed by atoms with E-state index >= 15 is 0 Å². The van der Waals surface area contributed by atoms with Crippen LogP contribution in [0.4, 0.5) is 5.69 Å². The fourth-order valence-corrected chi connectivity index (χ4v) is 4.60. The van der Waals surface area contributed by atoms with Gasteiger partial charge in [-0.05, 0) is 74.4 Å². The molecule has 0 bridgehead atoms. The van der Waals surface area contributed by atoms with Crippen molar-refractivity contribution in [3.8, 4) is 5.75 Å². The summed E-state index contributed by atoms with van der Waals surface area (Å²) in [7, 11) is 1.64. The van der Waals surface area contributed by atoms with Gasteiger partial charge in [0.25, 0.3) is 0 Å². The number of carboxylic acid groups (broad SMARTS) is 1. The molecule has 2 aromatic carbocycles. The number of hydrogen-bond donors (Lipinski definition) is 2. The van der Waals surface area contributed by atoms with Crippen LogP contribution in [0, 0.1) is 6.92 Å². The number of aryl methyl sites for hydroxylation is 1. The van der Waals surface area contributed by atoms with E-state index in [1.807, 2.05) is 23.1 Å². The second kappa shape index (κ2) is 12.9. The van der Waals surface area contributed by atoms with Crippen LogP contribution in [0.15, 0.2) is 42.5 Å². The van der Waals surface area contributed by atoms with Crippen LogP contribution in [-0.2, 0) is 20.9 Å². The van der Waals surface area contributed by atoms with Crippen molar-refractivity contribution in [2.45, 2.75) is 70.9 Å². The van der Waals surface area contributed by atoms with Crippen molar-refractivity contribution in [3.63, 3.8) is 0 Å². The average molecular weight is 497 g/mol. The third-order valence-electron chi connectivity index (χ3n) is 6.80. The zero-order chi connectivity index (χ0) is 26.1. The minimum atomic E-state index is -1.31. The van der Waals surface area contributed by atoms with Crippen LogP contribution >= 0.6 is 0 Å². The zero-order valence-electron chi connectivity index (χ0n) is 22.0. The van der Waals surface area contributed by atoms with Gasteiger partial charge in [-0.25, -0.2) is 4.79 Å². The molecular formula is C29H40N2O5. The molecule has 1 saturated carbocycles. The highest BCUT2D eigenvalue weighted by atomic mass is 16.5. The van der Waals surface area contributed by atoms with E-state index in [4.69, 9.17) is 9.47 Å². The Hall–Kier alpha value is -2.90. The Morgan fingerprint density at radius 2 is 1.78 bits per heavy atom. The number of carbonyl (C=O) groups excluding carboxylic acids is 1. The molecule has 0 radical (unpaired) electrons. The number of rotatable bonds is 12. The SMILES string of the molecule is COCCN(CC(=O)Nc1ccc(C2CCCCC2)cc1C)Cc1ccc(OC(C)(C)C(=O)O)cc1. The maximum Gasteiger partial charge on any atom is 0.347 e. The summed E-state index contributed by atoms with van der Waals surface area (Å²) >= 11 is 0. The number of amides is 1. The molecule has 196 valence electrons. The molecule has 0 spiro atoms. The van der Waals surface area contributed by atoms with Crippen LogP contribution < -0.4 is 10.1 Å². The Morgan fingerprint density at radius 3 is 2.39 bits per heavy atom. The lowest BCUT2D eigenvalue weighted by Gasteiger charge is -2.24. The largest absolute Gasteiger partial charge is 0.478 e. The lowest BCUT2D eigenvalue weighted by Crippen LogP contribution is -2.37. The van der Waals surface area contributed by atoms with Gasteiger partial charge in [-0.2, -0.15) is 0 Å². The summed E-state index contributed by atoms with van der Waals surface area (Å²) < 4.78 is 10.8. The Bertz CT molecular complexity index is 1010. The minimum absolute atomic E-state index is 0.0669. The molecule has 0 aliphatic heterocycles. The molecule has 0 unspecified atom stereocenters. The monoisotopic (exact) mass is 496 g/mol. The smallest absolute Gasteiger partial charge is 0.347 e. The van der Waals surface area contributed by atoms with E-state index in [9.17, 15) is 14.7 Å². The van der Waals surface area contributed by atoms with E-state index in [1.165, 1.54) is 51.5 Å². The first kappa shape index (κ1) is 27.7. The number of methoxy groups -OCH3 is 1. The molecule has 2 N–H and O–H groups in total. The molecule has 2 aromatic rings. The number of nitrogens with zero attached hydrogens (tertiary/aromatic N) is 1. The maximum atomic E-state index is 12.9. The number of nitrogens with one attached hydrogen (secondary N) is 1. The number of carbonyl (C=O) groups is 2. The predicted octanol–water partition coefficient (Wildman–Crippen LogP) is 5.37. The third kappa shape index (κ3) is 8.07. The molecule has 36 heavy (non-hydrogen) atoms. The van der Waals surface area contributed by atoms with Gasteiger partial charge in [-0.15, -0.1) is 0 Å². The summed E-state index contributed by atoms with van der Waals surface area (Å²) in [6.07, 6.45) is 6.45. The summed E-state index contributed by atoms with van der Waals surface area (Å²) in [5.41, 5.74) is 3.01. The van der Waals surface area contributed by atoms with Crippen LogP contribution in [-0.4, -0.2) is 54.3 Å². The van der Waals surface area contributed by atoms with E-state index in [-0.39, 0.29) is 12.5 Å². The quantitative estimate of drug-likeness (QED) is 0.411. The van der Waals surface area contributed by atoms with E-state index in [0.717, 1.165) is 16.8 Å². The standard InChI is InChI=1S/C29H40N2O5/c1-21-18-24(23-8-6-5-7-9-23)12-15-26(21)30-27(32)20-31(16-17-35-4)19-22-10-13-25(14-11-22)36-29(2,3)28(33)34/h10-15,18,23H,5-9,16-17,19-20H2,1-4H3,(H,30,32)(H,33,34). The first-order valence-electron chi connectivity index (χ1n) is 12.8. The molecule has 0 aromatic heterocycles. The first-order chi connectivity index (χ1) is 17.2. The molecule has 0 atom stereocenters. The molecule has 0 saturated heterocycles. The molecule has 7 nitrogen and oxygen atoms in total. The van der Waals surface area contributed by atoms with Gasteiger partial charge in [0.2, 0.25) is 5.91 Å². The molecule has 1 aliphatic rings. The molecule has 7 heteroatoms. The van der Waals surface area contributed by atoms with Crippen LogP contribution in [0.1, 0.15) is 68.6 Å². The van der Waals surface area contributed by atoms with Gasteiger partial charge >= 0.3 is 5.97 Å². The van der Waals surface area contributed by atoms with Crippen molar-refractivity contribution in [1.82, 2.24) is 4.90 Å². The minimum Gasteiger partial charge on any atom is -0.478 e. The number of anilines is 1. The fourth-order valence-electron chi connectivity index (χ4n) is 4.60. The zero-order valence-corrected chi connectivity index (χ0v) is 22.0. The highest BCUT2D eigenvalue weighted by Crippen LogP contribution is 2.34. The van der Waals surface area contributed by atoms with Gasteiger partial charge < -0.3 is 19.9 Å². The van der Waals surface area contributed by atoms with Gasteiger partial charge in [0.1, 0.15) is 5.75 Å². The predicted molar refractivity (Wildman–Crippen MR) is 142 cm³/mol. The number of hydrogen-bond acceptors (Lipinski definition) is 5. The Kier molecular flexibility index (Phi) is 9.90. The summed E-state index contributed by atoms with van der Waals surface area (Å²) in [5, 5.41) is 12.3. The first-order valence-corrected chi connectivity index (χ1v) is 12.8. The van der Waals surface area contributed by atoms with Crippen molar-refractivity contribution in [2.75, 3.05) is 32.1 Å². The number of aliphatic carboxylic acids is 1. The Morgan fingerprint density at radius 1 is 1.08 bits per heavy atom. The Balaban J connectivity index is 1.60. The van der Waals surface area contributed by atoms with Gasteiger partial charge in [0, 0.05) is 25.9 Å². The molecule has 3 rings (SSSR count). The van der Waals surface area contributed by atoms with Crippen molar-refractivity contribution >= 4 is 17.6 Å². The van der Waals surface area contributed by atoms with E-state index < -0.39 is 11.6 Å². The maximum absolute atomic E-state index is 12.9. The number of benzene rings is 2.